The summed E-state index contributed by atoms with van der Waals surface area (Å²) in [4.78, 5) is 19.3. The second-order valence-electron chi connectivity index (χ2n) is 4.36. The lowest BCUT2D eigenvalue weighted by Gasteiger charge is -2.06. The van der Waals surface area contributed by atoms with Gasteiger partial charge in [-0.1, -0.05) is 31.9 Å². The summed E-state index contributed by atoms with van der Waals surface area (Å²) in [7, 11) is 0. The number of ketones is 1. The fourth-order valence-corrected chi connectivity index (χ4v) is 2.05. The van der Waals surface area contributed by atoms with Crippen molar-refractivity contribution < 1.29 is 4.79 Å². The summed E-state index contributed by atoms with van der Waals surface area (Å²) < 4.78 is 0. The van der Waals surface area contributed by atoms with Crippen molar-refractivity contribution in [2.75, 3.05) is 0 Å². The maximum absolute atomic E-state index is 12.1. The Labute approximate surface area is 105 Å². The first kappa shape index (κ1) is 12.1. The Morgan fingerprint density at radius 2 is 2.35 bits per heavy atom. The average molecular weight is 251 g/mol. The van der Waals surface area contributed by atoms with Gasteiger partial charge < -0.3 is 4.98 Å². The quantitative estimate of drug-likeness (QED) is 0.838. The van der Waals surface area contributed by atoms with Gasteiger partial charge >= 0.3 is 0 Å². The number of aromatic nitrogens is 2. The zero-order valence-electron chi connectivity index (χ0n) is 9.96. The number of hydrogen-bond acceptors (Lipinski definition) is 2. The summed E-state index contributed by atoms with van der Waals surface area (Å²) >= 11 is 6.11. The van der Waals surface area contributed by atoms with Crippen LogP contribution in [-0.4, -0.2) is 15.8 Å². The number of nitrogens with zero attached hydrogens (tertiary/aromatic N) is 1. The van der Waals surface area contributed by atoms with Crippen LogP contribution in [0.1, 0.15) is 37.0 Å². The predicted molar refractivity (Wildman–Crippen MR) is 69.5 cm³/mol. The molecule has 0 saturated carbocycles. The van der Waals surface area contributed by atoms with Crippen LogP contribution in [0.25, 0.3) is 11.0 Å². The normalized spacial score (nSPS) is 12.9. The zero-order chi connectivity index (χ0) is 12.4. The number of fused-ring (bicyclic) bond motifs is 1. The van der Waals surface area contributed by atoms with Crippen molar-refractivity contribution in [3.63, 3.8) is 0 Å². The summed E-state index contributed by atoms with van der Waals surface area (Å²) in [5.41, 5.74) is 1.32. The standard InChI is InChI=1S/C13H15ClN2O/c1-3-8(2)6-11(17)9-7-16-13-12(9)10(14)4-5-15-13/h4-5,7-8H,3,6H2,1-2H3,(H,15,16). The van der Waals surface area contributed by atoms with E-state index in [9.17, 15) is 4.79 Å². The lowest BCUT2D eigenvalue weighted by atomic mass is 9.98. The highest BCUT2D eigenvalue weighted by Crippen LogP contribution is 2.26. The number of carbonyl (C=O) groups excluding carboxylic acids is 1. The molecule has 3 nitrogen and oxygen atoms in total. The molecule has 1 atom stereocenters. The molecule has 2 heterocycles. The van der Waals surface area contributed by atoms with Gasteiger partial charge in [-0.05, 0) is 12.0 Å². The molecule has 0 aliphatic heterocycles. The van der Waals surface area contributed by atoms with Crippen LogP contribution < -0.4 is 0 Å². The van der Waals surface area contributed by atoms with Gasteiger partial charge in [0.15, 0.2) is 5.78 Å². The van der Waals surface area contributed by atoms with Crippen LogP contribution in [0.15, 0.2) is 18.5 Å². The molecule has 0 bridgehead atoms. The van der Waals surface area contributed by atoms with Gasteiger partial charge in [0.05, 0.1) is 5.02 Å². The van der Waals surface area contributed by atoms with Crippen LogP contribution in [0.3, 0.4) is 0 Å². The third kappa shape index (κ3) is 2.34. The average Bonchev–Trinajstić information content (AvgIpc) is 2.74. The molecule has 0 radical (unpaired) electrons. The summed E-state index contributed by atoms with van der Waals surface area (Å²) in [5, 5.41) is 1.31. The highest BCUT2D eigenvalue weighted by atomic mass is 35.5. The van der Waals surface area contributed by atoms with Gasteiger partial charge in [0.1, 0.15) is 5.65 Å². The van der Waals surface area contributed by atoms with Gasteiger partial charge in [0.2, 0.25) is 0 Å². The van der Waals surface area contributed by atoms with E-state index in [1.165, 1.54) is 0 Å². The number of carbonyl (C=O) groups is 1. The molecule has 2 rings (SSSR count). The van der Waals surface area contributed by atoms with Gasteiger partial charge in [-0.3, -0.25) is 4.79 Å². The molecule has 2 aromatic heterocycles. The number of rotatable bonds is 4. The lowest BCUT2D eigenvalue weighted by Crippen LogP contribution is -2.04. The molecule has 90 valence electrons. The minimum atomic E-state index is 0.125. The molecule has 2 aromatic rings. The van der Waals surface area contributed by atoms with E-state index in [1.54, 1.807) is 18.5 Å². The van der Waals surface area contributed by atoms with Gasteiger partial charge in [-0.2, -0.15) is 0 Å². The highest BCUT2D eigenvalue weighted by molar-refractivity contribution is 6.36. The largest absolute Gasteiger partial charge is 0.345 e. The lowest BCUT2D eigenvalue weighted by molar-refractivity contribution is 0.0965. The van der Waals surface area contributed by atoms with Crippen molar-refractivity contribution in [3.8, 4) is 0 Å². The topological polar surface area (TPSA) is 45.8 Å². The summed E-state index contributed by atoms with van der Waals surface area (Å²) in [5.74, 6) is 0.517. The molecular formula is C13H15ClN2O. The molecular weight excluding hydrogens is 236 g/mol. The number of aromatic amines is 1. The van der Waals surface area contributed by atoms with E-state index < -0.39 is 0 Å². The van der Waals surface area contributed by atoms with Crippen molar-refractivity contribution in [3.05, 3.63) is 29.0 Å². The molecule has 4 heteroatoms. The fourth-order valence-electron chi connectivity index (χ4n) is 1.81. The summed E-state index contributed by atoms with van der Waals surface area (Å²) in [6.45, 7) is 4.16. The molecule has 0 fully saturated rings. The van der Waals surface area contributed by atoms with Crippen molar-refractivity contribution in [1.82, 2.24) is 9.97 Å². The Kier molecular flexibility index (Phi) is 3.48. The fraction of sp³-hybridized carbons (Fsp3) is 0.385. The van der Waals surface area contributed by atoms with Crippen LogP contribution in [0.5, 0.6) is 0 Å². The van der Waals surface area contributed by atoms with Crippen molar-refractivity contribution in [2.45, 2.75) is 26.7 Å². The molecule has 1 unspecified atom stereocenters. The minimum Gasteiger partial charge on any atom is -0.345 e. The summed E-state index contributed by atoms with van der Waals surface area (Å²) in [6, 6.07) is 1.71. The molecule has 0 saturated heterocycles. The first-order valence-electron chi connectivity index (χ1n) is 5.78. The van der Waals surface area contributed by atoms with Gasteiger partial charge in [0.25, 0.3) is 0 Å². The third-order valence-corrected chi connectivity index (χ3v) is 3.37. The first-order valence-corrected chi connectivity index (χ1v) is 6.16. The van der Waals surface area contributed by atoms with Crippen molar-refractivity contribution in [2.24, 2.45) is 5.92 Å². The smallest absolute Gasteiger partial charge is 0.165 e. The Balaban J connectivity index is 2.39. The van der Waals surface area contributed by atoms with Gasteiger partial charge in [-0.25, -0.2) is 4.98 Å². The Bertz CT molecular complexity index is 547. The monoisotopic (exact) mass is 250 g/mol. The van der Waals surface area contributed by atoms with Crippen molar-refractivity contribution in [1.29, 1.82) is 0 Å². The van der Waals surface area contributed by atoms with E-state index in [4.69, 9.17) is 11.6 Å². The maximum atomic E-state index is 12.1. The van der Waals surface area contributed by atoms with E-state index >= 15 is 0 Å². The second-order valence-corrected chi connectivity index (χ2v) is 4.77. The molecule has 0 aliphatic carbocycles. The Morgan fingerprint density at radius 1 is 1.59 bits per heavy atom. The number of pyridine rings is 1. The molecule has 0 aliphatic rings. The Hall–Kier alpha value is -1.35. The first-order chi connectivity index (χ1) is 8.13. The zero-order valence-corrected chi connectivity index (χ0v) is 10.7. The molecule has 0 aromatic carbocycles. The number of halogens is 1. The highest BCUT2D eigenvalue weighted by Gasteiger charge is 2.16. The molecule has 1 N–H and O–H groups in total. The maximum Gasteiger partial charge on any atom is 0.165 e. The predicted octanol–water partition coefficient (Wildman–Crippen LogP) is 3.84. The van der Waals surface area contributed by atoms with E-state index in [2.05, 4.69) is 23.8 Å². The number of H-pyrrole nitrogens is 1. The molecule has 0 spiro atoms. The van der Waals surface area contributed by atoms with Gasteiger partial charge in [-0.15, -0.1) is 0 Å². The van der Waals surface area contributed by atoms with E-state index in [-0.39, 0.29) is 5.78 Å². The van der Waals surface area contributed by atoms with E-state index in [0.29, 0.717) is 28.6 Å². The van der Waals surface area contributed by atoms with Gasteiger partial charge in [0, 0.05) is 29.8 Å². The molecule has 17 heavy (non-hydrogen) atoms. The minimum absolute atomic E-state index is 0.125. The Morgan fingerprint density at radius 3 is 3.06 bits per heavy atom. The third-order valence-electron chi connectivity index (χ3n) is 3.05. The second kappa shape index (κ2) is 4.88. The van der Waals surface area contributed by atoms with Crippen LogP contribution in [0.2, 0.25) is 5.02 Å². The molecule has 0 amide bonds. The number of Topliss-reactive ketones (excluding diaryl/α,β-unsaturated/α-hetero) is 1. The SMILES string of the molecule is CCC(C)CC(=O)c1c[nH]c2nccc(Cl)c12. The van der Waals surface area contributed by atoms with Crippen molar-refractivity contribution >= 4 is 28.4 Å². The van der Waals surface area contributed by atoms with E-state index in [0.717, 1.165) is 11.8 Å². The van der Waals surface area contributed by atoms with E-state index in [1.807, 2.05) is 0 Å². The number of nitrogens with one attached hydrogen (secondary N) is 1. The summed E-state index contributed by atoms with van der Waals surface area (Å²) in [6.07, 6.45) is 4.88. The van der Waals surface area contributed by atoms with Crippen LogP contribution in [0, 0.1) is 5.92 Å². The van der Waals surface area contributed by atoms with Crippen LogP contribution >= 0.6 is 11.6 Å². The van der Waals surface area contributed by atoms with Crippen LogP contribution in [0.4, 0.5) is 0 Å². The number of hydrogen-bond donors (Lipinski definition) is 1. The van der Waals surface area contributed by atoms with Crippen LogP contribution in [-0.2, 0) is 0 Å².